The molecule has 5 heteroatoms. The van der Waals surface area contributed by atoms with E-state index in [9.17, 15) is 4.79 Å². The van der Waals surface area contributed by atoms with Gasteiger partial charge in [-0.25, -0.2) is 4.98 Å². The summed E-state index contributed by atoms with van der Waals surface area (Å²) in [6.07, 6.45) is 6.07. The standard InChI is InChI=1S/C16H18ClN3O/c1-2-4-14-9-13(10-15(17)20-14)16(21)19-8-6-12-5-3-7-18-11-12/h3,5,7,9-11H,2,4,6,8H2,1H3,(H,19,21). The van der Waals surface area contributed by atoms with Gasteiger partial charge in [-0.1, -0.05) is 31.0 Å². The summed E-state index contributed by atoms with van der Waals surface area (Å²) in [4.78, 5) is 20.4. The van der Waals surface area contributed by atoms with Crippen LogP contribution in [0.2, 0.25) is 5.15 Å². The average molecular weight is 304 g/mol. The Kier molecular flexibility index (Phi) is 5.69. The molecule has 0 aliphatic carbocycles. The second-order valence-corrected chi connectivity index (χ2v) is 5.17. The van der Waals surface area contributed by atoms with E-state index in [0.29, 0.717) is 17.3 Å². The van der Waals surface area contributed by atoms with E-state index >= 15 is 0 Å². The highest BCUT2D eigenvalue weighted by Gasteiger charge is 2.08. The molecule has 0 aliphatic heterocycles. The van der Waals surface area contributed by atoms with E-state index in [1.807, 2.05) is 12.1 Å². The highest BCUT2D eigenvalue weighted by atomic mass is 35.5. The van der Waals surface area contributed by atoms with Crippen molar-refractivity contribution in [2.75, 3.05) is 6.54 Å². The van der Waals surface area contributed by atoms with Gasteiger partial charge < -0.3 is 5.32 Å². The van der Waals surface area contributed by atoms with E-state index in [1.54, 1.807) is 24.5 Å². The van der Waals surface area contributed by atoms with Gasteiger partial charge in [-0.2, -0.15) is 0 Å². The topological polar surface area (TPSA) is 54.9 Å². The Balaban J connectivity index is 1.94. The van der Waals surface area contributed by atoms with E-state index in [1.165, 1.54) is 0 Å². The van der Waals surface area contributed by atoms with Crippen LogP contribution >= 0.6 is 11.6 Å². The van der Waals surface area contributed by atoms with Crippen LogP contribution in [-0.4, -0.2) is 22.4 Å². The molecule has 0 radical (unpaired) electrons. The molecule has 2 heterocycles. The van der Waals surface area contributed by atoms with E-state index in [-0.39, 0.29) is 5.91 Å². The van der Waals surface area contributed by atoms with Gasteiger partial charge in [0.05, 0.1) is 0 Å². The first-order valence-corrected chi connectivity index (χ1v) is 7.40. The van der Waals surface area contributed by atoms with Crippen LogP contribution in [-0.2, 0) is 12.8 Å². The number of halogens is 1. The predicted octanol–water partition coefficient (Wildman–Crippen LogP) is 3.06. The zero-order valence-electron chi connectivity index (χ0n) is 12.0. The molecule has 0 bridgehead atoms. The number of amides is 1. The summed E-state index contributed by atoms with van der Waals surface area (Å²) in [6.45, 7) is 2.63. The van der Waals surface area contributed by atoms with Gasteiger partial charge in [0.25, 0.3) is 5.91 Å². The average Bonchev–Trinajstić information content (AvgIpc) is 2.48. The molecule has 0 fully saturated rings. The zero-order chi connectivity index (χ0) is 15.1. The first-order chi connectivity index (χ1) is 10.2. The fourth-order valence-corrected chi connectivity index (χ4v) is 2.26. The monoisotopic (exact) mass is 303 g/mol. The van der Waals surface area contributed by atoms with Gasteiger partial charge in [-0.3, -0.25) is 9.78 Å². The molecule has 2 aromatic rings. The third-order valence-electron chi connectivity index (χ3n) is 3.04. The van der Waals surface area contributed by atoms with Crippen molar-refractivity contribution in [1.82, 2.24) is 15.3 Å². The molecule has 1 N–H and O–H groups in total. The van der Waals surface area contributed by atoms with Crippen molar-refractivity contribution in [2.24, 2.45) is 0 Å². The molecule has 21 heavy (non-hydrogen) atoms. The number of nitrogens with zero attached hydrogens (tertiary/aromatic N) is 2. The van der Waals surface area contributed by atoms with Gasteiger partial charge in [-0.15, -0.1) is 0 Å². The van der Waals surface area contributed by atoms with Crippen molar-refractivity contribution in [3.8, 4) is 0 Å². The maximum absolute atomic E-state index is 12.1. The molecule has 4 nitrogen and oxygen atoms in total. The second-order valence-electron chi connectivity index (χ2n) is 4.79. The summed E-state index contributed by atoms with van der Waals surface area (Å²) < 4.78 is 0. The zero-order valence-corrected chi connectivity index (χ0v) is 12.7. The van der Waals surface area contributed by atoms with Crippen LogP contribution in [0.1, 0.15) is 35.0 Å². The molecular weight excluding hydrogens is 286 g/mol. The molecule has 0 saturated carbocycles. The SMILES string of the molecule is CCCc1cc(C(=O)NCCc2cccnc2)cc(Cl)n1. The molecule has 0 saturated heterocycles. The Morgan fingerprint density at radius 2 is 2.19 bits per heavy atom. The Bertz CT molecular complexity index is 602. The summed E-state index contributed by atoms with van der Waals surface area (Å²) in [7, 11) is 0. The Hall–Kier alpha value is -1.94. The van der Waals surface area contributed by atoms with Crippen LogP contribution in [0.3, 0.4) is 0 Å². The molecule has 0 spiro atoms. The van der Waals surface area contributed by atoms with Crippen LogP contribution in [0.5, 0.6) is 0 Å². The van der Waals surface area contributed by atoms with Gasteiger partial charge >= 0.3 is 0 Å². The minimum atomic E-state index is -0.124. The molecular formula is C16H18ClN3O. The van der Waals surface area contributed by atoms with Gasteiger partial charge in [0, 0.05) is 30.2 Å². The van der Waals surface area contributed by atoms with Crippen LogP contribution in [0.15, 0.2) is 36.7 Å². The number of carbonyl (C=O) groups excluding carboxylic acids is 1. The molecule has 0 aromatic carbocycles. The normalized spacial score (nSPS) is 10.4. The van der Waals surface area contributed by atoms with Crippen molar-refractivity contribution in [2.45, 2.75) is 26.2 Å². The van der Waals surface area contributed by atoms with E-state index in [4.69, 9.17) is 11.6 Å². The van der Waals surface area contributed by atoms with Crippen LogP contribution in [0.4, 0.5) is 0 Å². The van der Waals surface area contributed by atoms with E-state index < -0.39 is 0 Å². The number of nitrogens with one attached hydrogen (secondary N) is 1. The maximum Gasteiger partial charge on any atom is 0.251 e. The quantitative estimate of drug-likeness (QED) is 0.835. The van der Waals surface area contributed by atoms with Gasteiger partial charge in [0.1, 0.15) is 5.15 Å². The van der Waals surface area contributed by atoms with Gasteiger partial charge in [0.15, 0.2) is 0 Å². The number of aryl methyl sites for hydroxylation is 1. The predicted molar refractivity (Wildman–Crippen MR) is 83.5 cm³/mol. The third kappa shape index (κ3) is 4.83. The highest BCUT2D eigenvalue weighted by Crippen LogP contribution is 2.12. The lowest BCUT2D eigenvalue weighted by Gasteiger charge is -2.07. The number of carbonyl (C=O) groups is 1. The summed E-state index contributed by atoms with van der Waals surface area (Å²) >= 11 is 5.96. The van der Waals surface area contributed by atoms with Crippen molar-refractivity contribution in [3.05, 3.63) is 58.6 Å². The lowest BCUT2D eigenvalue weighted by molar-refractivity contribution is 0.0954. The molecule has 110 valence electrons. The Morgan fingerprint density at radius 1 is 1.33 bits per heavy atom. The van der Waals surface area contributed by atoms with Crippen LogP contribution in [0, 0.1) is 0 Å². The lowest BCUT2D eigenvalue weighted by atomic mass is 10.1. The summed E-state index contributed by atoms with van der Waals surface area (Å²) in [5, 5.41) is 3.25. The largest absolute Gasteiger partial charge is 0.352 e. The number of aromatic nitrogens is 2. The smallest absolute Gasteiger partial charge is 0.251 e. The van der Waals surface area contributed by atoms with Gasteiger partial charge in [0.2, 0.25) is 0 Å². The molecule has 0 aliphatic rings. The second kappa shape index (κ2) is 7.74. The molecule has 2 aromatic heterocycles. The van der Waals surface area contributed by atoms with Crippen molar-refractivity contribution < 1.29 is 4.79 Å². The van der Waals surface area contributed by atoms with Crippen LogP contribution in [0.25, 0.3) is 0 Å². The van der Waals surface area contributed by atoms with E-state index in [2.05, 4.69) is 22.2 Å². The number of rotatable bonds is 6. The first-order valence-electron chi connectivity index (χ1n) is 7.02. The minimum absolute atomic E-state index is 0.124. The molecule has 1 amide bonds. The fraction of sp³-hybridized carbons (Fsp3) is 0.312. The summed E-state index contributed by atoms with van der Waals surface area (Å²) in [5.74, 6) is -0.124. The minimum Gasteiger partial charge on any atom is -0.352 e. The lowest BCUT2D eigenvalue weighted by Crippen LogP contribution is -2.26. The van der Waals surface area contributed by atoms with Crippen molar-refractivity contribution in [3.63, 3.8) is 0 Å². The summed E-state index contributed by atoms with van der Waals surface area (Å²) in [6, 6.07) is 7.27. The summed E-state index contributed by atoms with van der Waals surface area (Å²) in [5.41, 5.74) is 2.50. The number of hydrogen-bond donors (Lipinski definition) is 1. The van der Waals surface area contributed by atoms with Crippen molar-refractivity contribution >= 4 is 17.5 Å². The maximum atomic E-state index is 12.1. The van der Waals surface area contributed by atoms with Crippen LogP contribution < -0.4 is 5.32 Å². The molecule has 0 atom stereocenters. The van der Waals surface area contributed by atoms with E-state index in [0.717, 1.165) is 30.5 Å². The molecule has 2 rings (SSSR count). The number of pyridine rings is 2. The Labute approximate surface area is 129 Å². The highest BCUT2D eigenvalue weighted by molar-refractivity contribution is 6.29. The Morgan fingerprint density at radius 3 is 2.90 bits per heavy atom. The molecule has 0 unspecified atom stereocenters. The number of hydrogen-bond acceptors (Lipinski definition) is 3. The first kappa shape index (κ1) is 15.4. The third-order valence-corrected chi connectivity index (χ3v) is 3.23. The van der Waals surface area contributed by atoms with Gasteiger partial charge in [-0.05, 0) is 36.6 Å². The fourth-order valence-electron chi connectivity index (χ4n) is 2.03. The van der Waals surface area contributed by atoms with Crippen molar-refractivity contribution in [1.29, 1.82) is 0 Å².